The fourth-order valence-corrected chi connectivity index (χ4v) is 1.92. The zero-order valence-electron chi connectivity index (χ0n) is 11.5. The molecule has 0 aromatic heterocycles. The first-order chi connectivity index (χ1) is 9.01. The third-order valence-electron chi connectivity index (χ3n) is 3.27. The molecule has 0 aliphatic heterocycles. The maximum atomic E-state index is 12.4. The Balaban J connectivity index is 2.64. The smallest absolute Gasteiger partial charge is 0.320 e. The Morgan fingerprint density at radius 1 is 1.47 bits per heavy atom. The lowest BCUT2D eigenvalue weighted by atomic mass is 10.2. The number of hydrogen-bond acceptors (Lipinski definition) is 3. The van der Waals surface area contributed by atoms with Crippen LogP contribution in [0, 0.1) is 17.2 Å². The van der Waals surface area contributed by atoms with E-state index in [2.05, 4.69) is 0 Å². The summed E-state index contributed by atoms with van der Waals surface area (Å²) in [6.07, 6.45) is 2.26. The van der Waals surface area contributed by atoms with Crippen molar-refractivity contribution in [3.05, 3.63) is 0 Å². The predicted molar refractivity (Wildman–Crippen MR) is 69.4 cm³/mol. The second-order valence-corrected chi connectivity index (χ2v) is 4.89. The number of carbonyl (C=O) groups is 2. The van der Waals surface area contributed by atoms with Gasteiger partial charge in [-0.25, -0.2) is 4.79 Å². The van der Waals surface area contributed by atoms with Gasteiger partial charge in [0.1, 0.15) is 0 Å². The van der Waals surface area contributed by atoms with Gasteiger partial charge in [-0.3, -0.25) is 4.79 Å². The summed E-state index contributed by atoms with van der Waals surface area (Å²) in [7, 11) is 0. The number of carboxylic acid groups (broad SMARTS) is 1. The van der Waals surface area contributed by atoms with Gasteiger partial charge in [-0.2, -0.15) is 5.26 Å². The molecule has 19 heavy (non-hydrogen) atoms. The van der Waals surface area contributed by atoms with Crippen molar-refractivity contribution in [2.24, 2.45) is 5.92 Å². The van der Waals surface area contributed by atoms with Gasteiger partial charge in [0.25, 0.3) is 0 Å². The van der Waals surface area contributed by atoms with Crippen LogP contribution in [-0.2, 0) is 4.79 Å². The van der Waals surface area contributed by atoms with Gasteiger partial charge >= 0.3 is 12.0 Å². The molecule has 1 saturated carbocycles. The fraction of sp³-hybridized carbons (Fsp3) is 0.769. The van der Waals surface area contributed by atoms with Crippen molar-refractivity contribution in [3.63, 3.8) is 0 Å². The van der Waals surface area contributed by atoms with Crippen molar-refractivity contribution in [1.29, 1.82) is 5.26 Å². The number of carbonyl (C=O) groups excluding carboxylic acids is 1. The quantitative estimate of drug-likeness (QED) is 0.758. The maximum absolute atomic E-state index is 12.4. The Bertz CT molecular complexity index is 374. The van der Waals surface area contributed by atoms with Crippen LogP contribution in [0.1, 0.15) is 33.1 Å². The monoisotopic (exact) mass is 267 g/mol. The number of nitriles is 1. The topological polar surface area (TPSA) is 84.6 Å². The van der Waals surface area contributed by atoms with Crippen molar-refractivity contribution in [3.8, 4) is 6.07 Å². The summed E-state index contributed by atoms with van der Waals surface area (Å²) in [5.74, 6) is -1.48. The highest BCUT2D eigenvalue weighted by molar-refractivity contribution is 5.76. The zero-order chi connectivity index (χ0) is 14.4. The van der Waals surface area contributed by atoms with Crippen LogP contribution in [0.4, 0.5) is 4.79 Å². The minimum absolute atomic E-state index is 0.145. The molecule has 0 bridgehead atoms. The third kappa shape index (κ3) is 4.43. The van der Waals surface area contributed by atoms with Gasteiger partial charge in [0.05, 0.1) is 18.4 Å². The molecule has 0 aromatic rings. The average Bonchev–Trinajstić information content (AvgIpc) is 3.20. The fourth-order valence-electron chi connectivity index (χ4n) is 1.92. The number of aliphatic carboxylic acids is 1. The number of nitrogens with zero attached hydrogens (tertiary/aromatic N) is 3. The highest BCUT2D eigenvalue weighted by atomic mass is 16.4. The SMILES string of the molecule is CCN(CC(C)C(=O)O)C(=O)N(CCC#N)C1CC1. The number of urea groups is 1. The Morgan fingerprint density at radius 3 is 2.53 bits per heavy atom. The molecule has 2 amide bonds. The minimum Gasteiger partial charge on any atom is -0.481 e. The first-order valence-electron chi connectivity index (χ1n) is 6.66. The van der Waals surface area contributed by atoms with Crippen LogP contribution in [0.5, 0.6) is 0 Å². The summed E-state index contributed by atoms with van der Waals surface area (Å²) in [6, 6.07) is 2.13. The van der Waals surface area contributed by atoms with Gasteiger partial charge in [0.2, 0.25) is 0 Å². The van der Waals surface area contributed by atoms with Gasteiger partial charge in [-0.1, -0.05) is 6.92 Å². The van der Waals surface area contributed by atoms with E-state index in [9.17, 15) is 9.59 Å². The van der Waals surface area contributed by atoms with E-state index in [1.807, 2.05) is 13.0 Å². The lowest BCUT2D eigenvalue weighted by Crippen LogP contribution is -2.47. The van der Waals surface area contributed by atoms with Crippen molar-refractivity contribution in [1.82, 2.24) is 9.80 Å². The molecule has 6 heteroatoms. The van der Waals surface area contributed by atoms with Crippen molar-refractivity contribution in [2.45, 2.75) is 39.2 Å². The summed E-state index contributed by atoms with van der Waals surface area (Å²) in [5, 5.41) is 17.5. The van der Waals surface area contributed by atoms with Gasteiger partial charge < -0.3 is 14.9 Å². The highest BCUT2D eigenvalue weighted by Crippen LogP contribution is 2.28. The van der Waals surface area contributed by atoms with E-state index < -0.39 is 11.9 Å². The molecule has 1 fully saturated rings. The molecule has 1 aliphatic carbocycles. The average molecular weight is 267 g/mol. The molecule has 6 nitrogen and oxygen atoms in total. The summed E-state index contributed by atoms with van der Waals surface area (Å²) in [5.41, 5.74) is 0. The molecular formula is C13H21N3O3. The second-order valence-electron chi connectivity index (χ2n) is 4.89. The summed E-state index contributed by atoms with van der Waals surface area (Å²) < 4.78 is 0. The Hall–Kier alpha value is -1.77. The number of carboxylic acids is 1. The van der Waals surface area contributed by atoms with E-state index >= 15 is 0 Å². The molecule has 1 unspecified atom stereocenters. The van der Waals surface area contributed by atoms with Gasteiger partial charge in [0.15, 0.2) is 0 Å². The first kappa shape index (κ1) is 15.3. The Kier molecular flexibility index (Phi) is 5.61. The summed E-state index contributed by atoms with van der Waals surface area (Å²) >= 11 is 0. The molecule has 1 rings (SSSR count). The van der Waals surface area contributed by atoms with E-state index in [1.54, 1.807) is 16.7 Å². The molecule has 0 heterocycles. The van der Waals surface area contributed by atoms with E-state index in [1.165, 1.54) is 0 Å². The molecule has 0 saturated heterocycles. The molecule has 1 atom stereocenters. The summed E-state index contributed by atoms with van der Waals surface area (Å²) in [6.45, 7) is 4.54. The van der Waals surface area contributed by atoms with Crippen LogP contribution in [0.2, 0.25) is 0 Å². The van der Waals surface area contributed by atoms with Crippen LogP contribution in [-0.4, -0.2) is 52.6 Å². The van der Waals surface area contributed by atoms with E-state index in [0.29, 0.717) is 19.5 Å². The van der Waals surface area contributed by atoms with E-state index in [-0.39, 0.29) is 18.6 Å². The largest absolute Gasteiger partial charge is 0.481 e. The minimum atomic E-state index is -0.902. The first-order valence-corrected chi connectivity index (χ1v) is 6.66. The number of rotatable bonds is 7. The van der Waals surface area contributed by atoms with Crippen molar-refractivity contribution in [2.75, 3.05) is 19.6 Å². The van der Waals surface area contributed by atoms with E-state index in [0.717, 1.165) is 12.8 Å². The molecule has 0 radical (unpaired) electrons. The van der Waals surface area contributed by atoms with Crippen LogP contribution in [0.25, 0.3) is 0 Å². The molecule has 1 N–H and O–H groups in total. The lowest BCUT2D eigenvalue weighted by molar-refractivity contribution is -0.141. The predicted octanol–water partition coefficient (Wildman–Crippen LogP) is 1.53. The number of hydrogen-bond donors (Lipinski definition) is 1. The Morgan fingerprint density at radius 2 is 2.11 bits per heavy atom. The second kappa shape index (κ2) is 6.98. The Labute approximate surface area is 113 Å². The van der Waals surface area contributed by atoms with Gasteiger partial charge in [-0.15, -0.1) is 0 Å². The molecule has 106 valence electrons. The van der Waals surface area contributed by atoms with Gasteiger partial charge in [0, 0.05) is 25.7 Å². The van der Waals surface area contributed by atoms with Crippen LogP contribution < -0.4 is 0 Å². The van der Waals surface area contributed by atoms with E-state index in [4.69, 9.17) is 10.4 Å². The highest BCUT2D eigenvalue weighted by Gasteiger charge is 2.34. The zero-order valence-corrected chi connectivity index (χ0v) is 11.5. The standard InChI is InChI=1S/C13H21N3O3/c1-3-15(9-10(2)12(17)18)13(19)16(8-4-7-14)11-5-6-11/h10-11H,3-6,8-9H2,1-2H3,(H,17,18). The van der Waals surface area contributed by atoms with Crippen LogP contribution >= 0.6 is 0 Å². The molecule has 1 aliphatic rings. The number of amides is 2. The lowest BCUT2D eigenvalue weighted by Gasteiger charge is -2.30. The normalized spacial score (nSPS) is 15.4. The molecule has 0 aromatic carbocycles. The van der Waals surface area contributed by atoms with Crippen molar-refractivity contribution < 1.29 is 14.7 Å². The third-order valence-corrected chi connectivity index (χ3v) is 3.27. The molecular weight excluding hydrogens is 246 g/mol. The van der Waals surface area contributed by atoms with Crippen LogP contribution in [0.15, 0.2) is 0 Å². The summed E-state index contributed by atoms with van der Waals surface area (Å²) in [4.78, 5) is 26.5. The van der Waals surface area contributed by atoms with Gasteiger partial charge in [-0.05, 0) is 19.8 Å². The van der Waals surface area contributed by atoms with Crippen molar-refractivity contribution >= 4 is 12.0 Å². The van der Waals surface area contributed by atoms with Crippen LogP contribution in [0.3, 0.4) is 0 Å². The maximum Gasteiger partial charge on any atom is 0.320 e. The molecule has 0 spiro atoms.